The molecule has 0 aromatic heterocycles. The molecule has 0 spiro atoms. The second-order valence-corrected chi connectivity index (χ2v) is 6.81. The van der Waals surface area contributed by atoms with E-state index in [0.717, 1.165) is 11.3 Å². The second-order valence-electron chi connectivity index (χ2n) is 6.81. The predicted molar refractivity (Wildman–Crippen MR) is 112 cm³/mol. The maximum atomic E-state index is 12.7. The molecule has 0 N–H and O–H groups in total. The van der Waals surface area contributed by atoms with E-state index >= 15 is 0 Å². The summed E-state index contributed by atoms with van der Waals surface area (Å²) in [6, 6.07) is 23.3. The van der Waals surface area contributed by atoms with Crippen molar-refractivity contribution >= 4 is 29.1 Å². The van der Waals surface area contributed by atoms with Gasteiger partial charge in [-0.3, -0.25) is 14.4 Å². The molecule has 5 heteroatoms. The van der Waals surface area contributed by atoms with Gasteiger partial charge in [0, 0.05) is 12.2 Å². The molecule has 0 saturated heterocycles. The van der Waals surface area contributed by atoms with E-state index in [0.29, 0.717) is 23.4 Å². The Hall–Kier alpha value is -3.73. The third-order valence-corrected chi connectivity index (χ3v) is 5.03. The number of hydrogen-bond donors (Lipinski definition) is 0. The van der Waals surface area contributed by atoms with Gasteiger partial charge in [-0.05, 0) is 48.9 Å². The fourth-order valence-electron chi connectivity index (χ4n) is 3.57. The average molecular weight is 384 g/mol. The normalized spacial score (nSPS) is 12.8. The Balaban J connectivity index is 1.51. The Kier molecular flexibility index (Phi) is 4.96. The SMILES string of the molecule is CCN(C(=O)Cc1ccc(N2C(=O)c3ccccc3C2=O)cc1)c1ccccc1. The molecule has 0 unspecified atom stereocenters. The lowest BCUT2D eigenvalue weighted by Gasteiger charge is -2.21. The van der Waals surface area contributed by atoms with Gasteiger partial charge in [0.25, 0.3) is 11.8 Å². The van der Waals surface area contributed by atoms with E-state index in [4.69, 9.17) is 0 Å². The Labute approximate surface area is 169 Å². The number of amides is 3. The van der Waals surface area contributed by atoms with Crippen molar-refractivity contribution < 1.29 is 14.4 Å². The molecule has 4 rings (SSSR count). The van der Waals surface area contributed by atoms with Crippen LogP contribution in [0.3, 0.4) is 0 Å². The van der Waals surface area contributed by atoms with Crippen LogP contribution in [0.4, 0.5) is 11.4 Å². The highest BCUT2D eigenvalue weighted by Crippen LogP contribution is 2.28. The molecule has 1 heterocycles. The molecule has 0 radical (unpaired) electrons. The minimum absolute atomic E-state index is 0.00724. The summed E-state index contributed by atoms with van der Waals surface area (Å²) < 4.78 is 0. The number of hydrogen-bond acceptors (Lipinski definition) is 3. The van der Waals surface area contributed by atoms with Gasteiger partial charge in [-0.15, -0.1) is 0 Å². The summed E-state index contributed by atoms with van der Waals surface area (Å²) in [4.78, 5) is 40.9. The Morgan fingerprint density at radius 1 is 0.793 bits per heavy atom. The van der Waals surface area contributed by atoms with Crippen LogP contribution in [0.2, 0.25) is 0 Å². The number of likely N-dealkylation sites (N-methyl/N-ethyl adjacent to an activating group) is 1. The van der Waals surface area contributed by atoms with Crippen LogP contribution in [0.5, 0.6) is 0 Å². The molecular formula is C24H20N2O3. The molecule has 29 heavy (non-hydrogen) atoms. The van der Waals surface area contributed by atoms with E-state index < -0.39 is 0 Å². The van der Waals surface area contributed by atoms with Crippen LogP contribution in [0, 0.1) is 0 Å². The number of fused-ring (bicyclic) bond motifs is 1. The van der Waals surface area contributed by atoms with Gasteiger partial charge in [0.2, 0.25) is 5.91 Å². The average Bonchev–Trinajstić information content (AvgIpc) is 3.01. The first-order chi connectivity index (χ1) is 14.1. The molecule has 3 aromatic carbocycles. The maximum Gasteiger partial charge on any atom is 0.266 e. The van der Waals surface area contributed by atoms with Crippen molar-refractivity contribution in [2.24, 2.45) is 0 Å². The van der Waals surface area contributed by atoms with Crippen LogP contribution in [0.15, 0.2) is 78.9 Å². The number of carbonyl (C=O) groups excluding carboxylic acids is 3. The molecule has 1 aliphatic rings. The maximum absolute atomic E-state index is 12.7. The number of anilines is 2. The van der Waals surface area contributed by atoms with Crippen molar-refractivity contribution in [1.82, 2.24) is 0 Å². The number of rotatable bonds is 5. The van der Waals surface area contributed by atoms with Crippen molar-refractivity contribution in [3.8, 4) is 0 Å². The van der Waals surface area contributed by atoms with Gasteiger partial charge >= 0.3 is 0 Å². The van der Waals surface area contributed by atoms with Crippen molar-refractivity contribution in [3.63, 3.8) is 0 Å². The lowest BCUT2D eigenvalue weighted by Crippen LogP contribution is -2.32. The largest absolute Gasteiger partial charge is 0.312 e. The van der Waals surface area contributed by atoms with E-state index in [-0.39, 0.29) is 24.1 Å². The van der Waals surface area contributed by atoms with Gasteiger partial charge in [0.1, 0.15) is 0 Å². The standard InChI is InChI=1S/C24H20N2O3/c1-2-25(18-8-4-3-5-9-18)22(27)16-17-12-14-19(15-13-17)26-23(28)20-10-6-7-11-21(20)24(26)29/h3-15H,2,16H2,1H3. The van der Waals surface area contributed by atoms with Gasteiger partial charge in [0.15, 0.2) is 0 Å². The van der Waals surface area contributed by atoms with E-state index in [2.05, 4.69) is 0 Å². The molecule has 144 valence electrons. The molecule has 0 bridgehead atoms. The number of carbonyl (C=O) groups is 3. The van der Waals surface area contributed by atoms with E-state index in [1.165, 1.54) is 4.90 Å². The summed E-state index contributed by atoms with van der Waals surface area (Å²) in [5, 5.41) is 0. The lowest BCUT2D eigenvalue weighted by atomic mass is 10.1. The quantitative estimate of drug-likeness (QED) is 0.623. The molecule has 5 nitrogen and oxygen atoms in total. The number of imide groups is 1. The van der Waals surface area contributed by atoms with Gasteiger partial charge in [0.05, 0.1) is 23.2 Å². The summed E-state index contributed by atoms with van der Waals surface area (Å²) >= 11 is 0. The fourth-order valence-corrected chi connectivity index (χ4v) is 3.57. The van der Waals surface area contributed by atoms with Crippen LogP contribution in [0.25, 0.3) is 0 Å². The zero-order valence-corrected chi connectivity index (χ0v) is 16.0. The van der Waals surface area contributed by atoms with Crippen LogP contribution in [-0.4, -0.2) is 24.3 Å². The minimum atomic E-state index is -0.323. The Morgan fingerprint density at radius 3 is 1.90 bits per heavy atom. The first kappa shape index (κ1) is 18.6. The van der Waals surface area contributed by atoms with E-state index in [1.54, 1.807) is 53.4 Å². The third-order valence-electron chi connectivity index (χ3n) is 5.03. The first-order valence-corrected chi connectivity index (χ1v) is 9.52. The first-order valence-electron chi connectivity index (χ1n) is 9.52. The molecule has 0 atom stereocenters. The monoisotopic (exact) mass is 384 g/mol. The fraction of sp³-hybridized carbons (Fsp3) is 0.125. The smallest absolute Gasteiger partial charge is 0.266 e. The van der Waals surface area contributed by atoms with E-state index in [9.17, 15) is 14.4 Å². The van der Waals surface area contributed by atoms with Crippen LogP contribution in [-0.2, 0) is 11.2 Å². The zero-order valence-electron chi connectivity index (χ0n) is 16.0. The Bertz CT molecular complexity index is 1040. The molecule has 3 amide bonds. The van der Waals surface area contributed by atoms with Crippen LogP contribution >= 0.6 is 0 Å². The van der Waals surface area contributed by atoms with Gasteiger partial charge in [-0.25, -0.2) is 4.90 Å². The van der Waals surface area contributed by atoms with Crippen LogP contribution in [0.1, 0.15) is 33.2 Å². The highest BCUT2D eigenvalue weighted by atomic mass is 16.2. The summed E-state index contributed by atoms with van der Waals surface area (Å²) in [6.45, 7) is 2.52. The lowest BCUT2D eigenvalue weighted by molar-refractivity contribution is -0.117. The Morgan fingerprint density at radius 2 is 1.34 bits per heavy atom. The van der Waals surface area contributed by atoms with Gasteiger partial charge < -0.3 is 4.90 Å². The zero-order chi connectivity index (χ0) is 20.4. The number of benzene rings is 3. The highest BCUT2D eigenvalue weighted by Gasteiger charge is 2.36. The minimum Gasteiger partial charge on any atom is -0.312 e. The summed E-state index contributed by atoms with van der Waals surface area (Å²) in [7, 11) is 0. The van der Waals surface area contributed by atoms with Gasteiger partial charge in [-0.2, -0.15) is 0 Å². The number of para-hydroxylation sites is 1. The van der Waals surface area contributed by atoms with Crippen molar-refractivity contribution in [3.05, 3.63) is 95.6 Å². The van der Waals surface area contributed by atoms with Crippen molar-refractivity contribution in [2.75, 3.05) is 16.3 Å². The summed E-state index contributed by atoms with van der Waals surface area (Å²) in [5.41, 5.74) is 3.02. The summed E-state index contributed by atoms with van der Waals surface area (Å²) in [6.07, 6.45) is 0.241. The molecule has 3 aromatic rings. The van der Waals surface area contributed by atoms with Gasteiger partial charge in [-0.1, -0.05) is 42.5 Å². The topological polar surface area (TPSA) is 57.7 Å². The van der Waals surface area contributed by atoms with E-state index in [1.807, 2.05) is 37.3 Å². The van der Waals surface area contributed by atoms with Crippen molar-refractivity contribution in [1.29, 1.82) is 0 Å². The molecular weight excluding hydrogens is 364 g/mol. The van der Waals surface area contributed by atoms with Crippen LogP contribution < -0.4 is 9.80 Å². The summed E-state index contributed by atoms with van der Waals surface area (Å²) in [5.74, 6) is -0.654. The molecule has 0 saturated carbocycles. The molecule has 0 fully saturated rings. The second kappa shape index (κ2) is 7.72. The number of nitrogens with zero attached hydrogens (tertiary/aromatic N) is 2. The third kappa shape index (κ3) is 3.43. The molecule has 0 aliphatic carbocycles. The highest BCUT2D eigenvalue weighted by molar-refractivity contribution is 6.34. The molecule has 1 aliphatic heterocycles. The van der Waals surface area contributed by atoms with Crippen molar-refractivity contribution in [2.45, 2.75) is 13.3 Å². The predicted octanol–water partition coefficient (Wildman–Crippen LogP) is 4.08.